The van der Waals surface area contributed by atoms with E-state index in [-0.39, 0.29) is 18.4 Å². The van der Waals surface area contributed by atoms with Crippen LogP contribution in [0.1, 0.15) is 19.8 Å². The number of nitrogens with zero attached hydrogens (tertiary/aromatic N) is 5. The highest BCUT2D eigenvalue weighted by atomic mass is 35.5. The van der Waals surface area contributed by atoms with Crippen molar-refractivity contribution in [1.29, 1.82) is 0 Å². The van der Waals surface area contributed by atoms with E-state index in [1.807, 2.05) is 41.3 Å². The van der Waals surface area contributed by atoms with Crippen LogP contribution in [0.25, 0.3) is 11.3 Å². The lowest BCUT2D eigenvalue weighted by atomic mass is 10.1. The van der Waals surface area contributed by atoms with Crippen molar-refractivity contribution < 1.29 is 9.59 Å². The lowest BCUT2D eigenvalue weighted by Gasteiger charge is -2.26. The lowest BCUT2D eigenvalue weighted by Crippen LogP contribution is -2.44. The summed E-state index contributed by atoms with van der Waals surface area (Å²) < 4.78 is 0. The molecule has 1 fully saturated rings. The van der Waals surface area contributed by atoms with Gasteiger partial charge in [0, 0.05) is 44.7 Å². The summed E-state index contributed by atoms with van der Waals surface area (Å²) in [5, 5.41) is 9.38. The zero-order valence-electron chi connectivity index (χ0n) is 17.8. The molecule has 8 heteroatoms. The minimum absolute atomic E-state index is 0.0364. The van der Waals surface area contributed by atoms with Crippen LogP contribution < -0.4 is 4.90 Å². The first-order valence-electron chi connectivity index (χ1n) is 10.5. The summed E-state index contributed by atoms with van der Waals surface area (Å²) in [6.45, 7) is 8.63. The number of hydrogen-bond donors (Lipinski definition) is 0. The van der Waals surface area contributed by atoms with Gasteiger partial charge in [0.1, 0.15) is 6.54 Å². The molecule has 0 aliphatic carbocycles. The van der Waals surface area contributed by atoms with Crippen molar-refractivity contribution in [1.82, 2.24) is 20.0 Å². The number of rotatable bonds is 7. The van der Waals surface area contributed by atoms with Gasteiger partial charge in [-0.25, -0.2) is 0 Å². The zero-order chi connectivity index (χ0) is 22.2. The van der Waals surface area contributed by atoms with Crippen molar-refractivity contribution in [2.75, 3.05) is 44.2 Å². The van der Waals surface area contributed by atoms with Gasteiger partial charge in [-0.05, 0) is 24.6 Å². The molecule has 31 heavy (non-hydrogen) atoms. The molecule has 0 radical (unpaired) electrons. The molecule has 1 saturated heterocycles. The van der Waals surface area contributed by atoms with Crippen LogP contribution in [0.2, 0.25) is 5.02 Å². The molecule has 2 amide bonds. The van der Waals surface area contributed by atoms with Gasteiger partial charge in [0.25, 0.3) is 0 Å². The van der Waals surface area contributed by atoms with Crippen LogP contribution >= 0.6 is 11.6 Å². The third kappa shape index (κ3) is 5.82. The van der Waals surface area contributed by atoms with E-state index >= 15 is 0 Å². The fraction of sp³-hybridized carbons (Fsp3) is 0.391. The third-order valence-corrected chi connectivity index (χ3v) is 5.63. The Morgan fingerprint density at radius 3 is 2.61 bits per heavy atom. The van der Waals surface area contributed by atoms with E-state index in [0.29, 0.717) is 37.6 Å². The van der Waals surface area contributed by atoms with Crippen molar-refractivity contribution >= 4 is 29.2 Å². The second-order valence-electron chi connectivity index (χ2n) is 7.39. The minimum atomic E-state index is -0.0430. The van der Waals surface area contributed by atoms with E-state index in [4.69, 9.17) is 11.6 Å². The molecular formula is C23H28ClN5O2. The number of aromatic nitrogens is 2. The first kappa shape index (κ1) is 22.7. The number of carbonyl (C=O) groups is 2. The van der Waals surface area contributed by atoms with Crippen LogP contribution in [0, 0.1) is 0 Å². The summed E-state index contributed by atoms with van der Waals surface area (Å²) in [6, 6.07) is 11.4. The molecule has 2 aromatic rings. The largest absolute Gasteiger partial charge is 0.353 e. The average Bonchev–Trinajstić information content (AvgIpc) is 3.05. The van der Waals surface area contributed by atoms with Gasteiger partial charge < -0.3 is 14.7 Å². The van der Waals surface area contributed by atoms with Crippen LogP contribution in [0.5, 0.6) is 0 Å². The van der Waals surface area contributed by atoms with Crippen LogP contribution in [0.4, 0.5) is 5.82 Å². The monoisotopic (exact) mass is 441 g/mol. The maximum Gasteiger partial charge on any atom is 0.242 e. The molecule has 0 bridgehead atoms. The molecule has 2 heterocycles. The SMILES string of the molecule is C=CCN(CC(=O)N1CCCN(c2ccc(-c3ccccc3Cl)nn2)CC1)C(=O)CC. The highest BCUT2D eigenvalue weighted by Crippen LogP contribution is 2.26. The molecule has 0 atom stereocenters. The summed E-state index contributed by atoms with van der Waals surface area (Å²) in [5.41, 5.74) is 1.57. The van der Waals surface area contributed by atoms with Crippen molar-refractivity contribution in [2.24, 2.45) is 0 Å². The van der Waals surface area contributed by atoms with Crippen LogP contribution in [0.3, 0.4) is 0 Å². The number of carbonyl (C=O) groups excluding carboxylic acids is 2. The Bertz CT molecular complexity index is 918. The molecule has 1 aliphatic heterocycles. The molecule has 1 aromatic heterocycles. The molecule has 0 N–H and O–H groups in total. The van der Waals surface area contributed by atoms with E-state index in [1.165, 1.54) is 0 Å². The van der Waals surface area contributed by atoms with Crippen LogP contribution in [0.15, 0.2) is 49.1 Å². The Kier molecular flexibility index (Phi) is 8.00. The Morgan fingerprint density at radius 1 is 1.13 bits per heavy atom. The second-order valence-corrected chi connectivity index (χ2v) is 7.80. The van der Waals surface area contributed by atoms with Crippen molar-refractivity contribution in [3.05, 3.63) is 54.1 Å². The van der Waals surface area contributed by atoms with Gasteiger partial charge in [-0.3, -0.25) is 9.59 Å². The number of hydrogen-bond acceptors (Lipinski definition) is 5. The number of anilines is 1. The van der Waals surface area contributed by atoms with Gasteiger partial charge in [-0.1, -0.05) is 42.8 Å². The predicted octanol–water partition coefficient (Wildman–Crippen LogP) is 3.26. The van der Waals surface area contributed by atoms with Crippen molar-refractivity contribution in [3.8, 4) is 11.3 Å². The van der Waals surface area contributed by atoms with Crippen molar-refractivity contribution in [2.45, 2.75) is 19.8 Å². The van der Waals surface area contributed by atoms with E-state index in [9.17, 15) is 9.59 Å². The number of halogens is 1. The third-order valence-electron chi connectivity index (χ3n) is 5.30. The second kappa shape index (κ2) is 10.9. The highest BCUT2D eigenvalue weighted by Gasteiger charge is 2.23. The van der Waals surface area contributed by atoms with E-state index in [1.54, 1.807) is 17.9 Å². The topological polar surface area (TPSA) is 69.6 Å². The molecule has 3 rings (SSSR count). The van der Waals surface area contributed by atoms with Gasteiger partial charge >= 0.3 is 0 Å². The van der Waals surface area contributed by atoms with Gasteiger partial charge in [-0.15, -0.1) is 16.8 Å². The normalized spacial score (nSPS) is 14.1. The highest BCUT2D eigenvalue weighted by molar-refractivity contribution is 6.33. The molecule has 0 spiro atoms. The zero-order valence-corrected chi connectivity index (χ0v) is 18.6. The van der Waals surface area contributed by atoms with Crippen LogP contribution in [-0.4, -0.2) is 71.1 Å². The van der Waals surface area contributed by atoms with E-state index in [2.05, 4.69) is 21.7 Å². The lowest BCUT2D eigenvalue weighted by molar-refractivity contribution is -0.139. The summed E-state index contributed by atoms with van der Waals surface area (Å²) >= 11 is 6.25. The van der Waals surface area contributed by atoms with E-state index in [0.717, 1.165) is 30.0 Å². The summed E-state index contributed by atoms with van der Waals surface area (Å²) in [4.78, 5) is 30.3. The fourth-order valence-electron chi connectivity index (χ4n) is 3.60. The van der Waals surface area contributed by atoms with Crippen molar-refractivity contribution in [3.63, 3.8) is 0 Å². The Hall–Kier alpha value is -2.93. The van der Waals surface area contributed by atoms with Gasteiger partial charge in [0.05, 0.1) is 10.7 Å². The molecule has 1 aromatic carbocycles. The van der Waals surface area contributed by atoms with Gasteiger partial charge in [0.15, 0.2) is 5.82 Å². The fourth-order valence-corrected chi connectivity index (χ4v) is 3.83. The molecule has 164 valence electrons. The molecule has 7 nitrogen and oxygen atoms in total. The quantitative estimate of drug-likeness (QED) is 0.617. The van der Waals surface area contributed by atoms with Gasteiger partial charge in [0.2, 0.25) is 11.8 Å². The Balaban J connectivity index is 1.62. The molecular weight excluding hydrogens is 414 g/mol. The standard InChI is InChI=1S/C23H28ClN5O2/c1-3-12-29(22(30)4-2)17-23(31)28-14-7-13-27(15-16-28)21-11-10-20(25-26-21)18-8-5-6-9-19(18)24/h3,5-6,8-11H,1,4,7,12-17H2,2H3. The molecule has 0 saturated carbocycles. The molecule has 1 aliphatic rings. The first-order valence-corrected chi connectivity index (χ1v) is 10.9. The molecule has 0 unspecified atom stereocenters. The maximum absolute atomic E-state index is 12.8. The van der Waals surface area contributed by atoms with E-state index < -0.39 is 0 Å². The van der Waals surface area contributed by atoms with Crippen LogP contribution in [-0.2, 0) is 9.59 Å². The average molecular weight is 442 g/mol. The number of benzene rings is 1. The number of amides is 2. The Labute approximate surface area is 188 Å². The van der Waals surface area contributed by atoms with Gasteiger partial charge in [-0.2, -0.15) is 0 Å². The predicted molar refractivity (Wildman–Crippen MR) is 123 cm³/mol. The summed E-state index contributed by atoms with van der Waals surface area (Å²) in [5.74, 6) is 0.698. The maximum atomic E-state index is 12.8. The smallest absolute Gasteiger partial charge is 0.242 e. The minimum Gasteiger partial charge on any atom is -0.353 e. The first-order chi connectivity index (χ1) is 15.0. The Morgan fingerprint density at radius 2 is 1.94 bits per heavy atom. The summed E-state index contributed by atoms with van der Waals surface area (Å²) in [7, 11) is 0. The summed E-state index contributed by atoms with van der Waals surface area (Å²) in [6.07, 6.45) is 2.84.